The predicted molar refractivity (Wildman–Crippen MR) is 59.0 cm³/mol. The van der Waals surface area contributed by atoms with Gasteiger partial charge in [0.2, 0.25) is 5.91 Å². The molecule has 0 bridgehead atoms. The monoisotopic (exact) mass is 217 g/mol. The molecule has 0 spiro atoms. The molecule has 2 unspecified atom stereocenters. The van der Waals surface area contributed by atoms with Gasteiger partial charge in [-0.1, -0.05) is 13.8 Å². The van der Waals surface area contributed by atoms with Crippen molar-refractivity contribution in [1.29, 1.82) is 0 Å². The molecule has 0 aliphatic rings. The van der Waals surface area contributed by atoms with Gasteiger partial charge in [-0.05, 0) is 25.2 Å². The van der Waals surface area contributed by atoms with Crippen LogP contribution in [-0.2, 0) is 9.63 Å². The van der Waals surface area contributed by atoms with E-state index in [1.165, 1.54) is 12.2 Å². The van der Waals surface area contributed by atoms with Gasteiger partial charge in [0.05, 0.1) is 7.11 Å². The minimum absolute atomic E-state index is 0.00773. The molecule has 0 aliphatic carbocycles. The number of rotatable bonds is 7. The lowest BCUT2D eigenvalue weighted by molar-refractivity contribution is -0.173. The van der Waals surface area contributed by atoms with Crippen molar-refractivity contribution in [3.63, 3.8) is 0 Å². The van der Waals surface area contributed by atoms with Crippen molar-refractivity contribution < 1.29 is 14.7 Å². The summed E-state index contributed by atoms with van der Waals surface area (Å²) < 4.78 is 0. The van der Waals surface area contributed by atoms with Gasteiger partial charge in [-0.3, -0.25) is 9.63 Å². The van der Waals surface area contributed by atoms with Crippen molar-refractivity contribution in [3.8, 4) is 0 Å². The highest BCUT2D eigenvalue weighted by molar-refractivity contribution is 5.77. The smallest absolute Gasteiger partial charge is 0.248 e. The Morgan fingerprint density at radius 3 is 2.53 bits per heavy atom. The largest absolute Gasteiger partial charge is 0.396 e. The van der Waals surface area contributed by atoms with Gasteiger partial charge in [0.1, 0.15) is 0 Å². The minimum Gasteiger partial charge on any atom is -0.396 e. The van der Waals surface area contributed by atoms with Crippen molar-refractivity contribution in [2.45, 2.75) is 33.1 Å². The highest BCUT2D eigenvalue weighted by atomic mass is 16.7. The standard InChI is InChI=1S/C11H23NO3/c1-9(6-5-7-13)8-10(2)11(14)12(3)15-4/h9-10,13H,5-8H2,1-4H3. The topological polar surface area (TPSA) is 49.8 Å². The minimum atomic E-state index is -0.0244. The van der Waals surface area contributed by atoms with E-state index in [0.717, 1.165) is 19.3 Å². The van der Waals surface area contributed by atoms with Gasteiger partial charge in [0.15, 0.2) is 0 Å². The molecular formula is C11H23NO3. The molecule has 4 nitrogen and oxygen atoms in total. The normalized spacial score (nSPS) is 14.7. The molecule has 0 heterocycles. The third-order valence-electron chi connectivity index (χ3n) is 2.62. The summed E-state index contributed by atoms with van der Waals surface area (Å²) in [5.41, 5.74) is 0. The number of hydrogen-bond acceptors (Lipinski definition) is 3. The summed E-state index contributed by atoms with van der Waals surface area (Å²) >= 11 is 0. The highest BCUT2D eigenvalue weighted by Gasteiger charge is 2.19. The Kier molecular flexibility index (Phi) is 7.34. The maximum atomic E-state index is 11.6. The number of carbonyl (C=O) groups is 1. The van der Waals surface area contributed by atoms with E-state index in [-0.39, 0.29) is 18.4 Å². The first-order valence-corrected chi connectivity index (χ1v) is 5.45. The molecule has 15 heavy (non-hydrogen) atoms. The van der Waals surface area contributed by atoms with Crippen LogP contribution in [0.15, 0.2) is 0 Å². The Hall–Kier alpha value is -0.610. The number of nitrogens with zero attached hydrogens (tertiary/aromatic N) is 1. The molecule has 2 atom stereocenters. The second-order valence-electron chi connectivity index (χ2n) is 4.13. The zero-order chi connectivity index (χ0) is 11.8. The van der Waals surface area contributed by atoms with E-state index in [4.69, 9.17) is 9.94 Å². The van der Waals surface area contributed by atoms with Crippen LogP contribution in [0.4, 0.5) is 0 Å². The van der Waals surface area contributed by atoms with Gasteiger partial charge in [-0.2, -0.15) is 0 Å². The van der Waals surface area contributed by atoms with Crippen LogP contribution in [0.25, 0.3) is 0 Å². The van der Waals surface area contributed by atoms with Gasteiger partial charge in [0.25, 0.3) is 0 Å². The Morgan fingerprint density at radius 1 is 1.47 bits per heavy atom. The van der Waals surface area contributed by atoms with Crippen molar-refractivity contribution in [2.75, 3.05) is 20.8 Å². The SMILES string of the molecule is CON(C)C(=O)C(C)CC(C)CCCO. The molecule has 1 amide bonds. The Balaban J connectivity index is 3.90. The summed E-state index contributed by atoms with van der Waals surface area (Å²) in [6.07, 6.45) is 2.61. The second-order valence-corrected chi connectivity index (χ2v) is 4.13. The molecule has 0 aromatic carbocycles. The summed E-state index contributed by atoms with van der Waals surface area (Å²) in [6, 6.07) is 0. The maximum Gasteiger partial charge on any atom is 0.248 e. The zero-order valence-electron chi connectivity index (χ0n) is 10.2. The van der Waals surface area contributed by atoms with Gasteiger partial charge >= 0.3 is 0 Å². The van der Waals surface area contributed by atoms with Gasteiger partial charge in [-0.25, -0.2) is 5.06 Å². The van der Waals surface area contributed by atoms with Gasteiger partial charge in [-0.15, -0.1) is 0 Å². The molecule has 0 radical (unpaired) electrons. The molecule has 0 rings (SSSR count). The summed E-state index contributed by atoms with van der Waals surface area (Å²) in [7, 11) is 3.11. The molecule has 4 heteroatoms. The molecule has 0 aliphatic heterocycles. The lowest BCUT2D eigenvalue weighted by Crippen LogP contribution is -2.31. The van der Waals surface area contributed by atoms with Crippen molar-refractivity contribution in [1.82, 2.24) is 5.06 Å². The van der Waals surface area contributed by atoms with E-state index < -0.39 is 0 Å². The number of amides is 1. The number of aliphatic hydroxyl groups is 1. The third kappa shape index (κ3) is 5.74. The van der Waals surface area contributed by atoms with Crippen LogP contribution in [0, 0.1) is 11.8 Å². The van der Waals surface area contributed by atoms with Crippen molar-refractivity contribution in [3.05, 3.63) is 0 Å². The van der Waals surface area contributed by atoms with Crippen LogP contribution in [-0.4, -0.2) is 36.8 Å². The maximum absolute atomic E-state index is 11.6. The van der Waals surface area contributed by atoms with E-state index in [1.54, 1.807) is 7.05 Å². The van der Waals surface area contributed by atoms with Crippen LogP contribution >= 0.6 is 0 Å². The zero-order valence-corrected chi connectivity index (χ0v) is 10.2. The van der Waals surface area contributed by atoms with Crippen LogP contribution in [0.5, 0.6) is 0 Å². The number of hydroxylamine groups is 2. The van der Waals surface area contributed by atoms with Gasteiger partial charge < -0.3 is 5.11 Å². The first-order valence-electron chi connectivity index (χ1n) is 5.45. The fraction of sp³-hybridized carbons (Fsp3) is 0.909. The van der Waals surface area contributed by atoms with Crippen LogP contribution in [0.1, 0.15) is 33.1 Å². The number of carbonyl (C=O) groups excluding carboxylic acids is 1. The number of aliphatic hydroxyl groups excluding tert-OH is 1. The highest BCUT2D eigenvalue weighted by Crippen LogP contribution is 2.18. The summed E-state index contributed by atoms with van der Waals surface area (Å²) in [6.45, 7) is 4.24. The Bertz CT molecular complexity index is 185. The summed E-state index contributed by atoms with van der Waals surface area (Å²) in [4.78, 5) is 16.5. The molecule has 0 aromatic heterocycles. The van der Waals surface area contributed by atoms with E-state index in [1.807, 2.05) is 6.92 Å². The molecule has 0 saturated carbocycles. The third-order valence-corrected chi connectivity index (χ3v) is 2.62. The van der Waals surface area contributed by atoms with E-state index in [2.05, 4.69) is 6.92 Å². The quantitative estimate of drug-likeness (QED) is 0.656. The molecular weight excluding hydrogens is 194 g/mol. The van der Waals surface area contributed by atoms with E-state index in [0.29, 0.717) is 5.92 Å². The Morgan fingerprint density at radius 2 is 2.07 bits per heavy atom. The molecule has 1 N–H and O–H groups in total. The fourth-order valence-corrected chi connectivity index (χ4v) is 1.66. The first kappa shape index (κ1) is 14.4. The lowest BCUT2D eigenvalue weighted by atomic mass is 9.93. The van der Waals surface area contributed by atoms with Crippen LogP contribution in [0.2, 0.25) is 0 Å². The van der Waals surface area contributed by atoms with Gasteiger partial charge in [0, 0.05) is 19.6 Å². The number of hydrogen-bond donors (Lipinski definition) is 1. The van der Waals surface area contributed by atoms with Crippen molar-refractivity contribution >= 4 is 5.91 Å². The van der Waals surface area contributed by atoms with E-state index in [9.17, 15) is 4.79 Å². The molecule has 0 fully saturated rings. The predicted octanol–water partition coefficient (Wildman–Crippen LogP) is 1.44. The average molecular weight is 217 g/mol. The summed E-state index contributed by atoms with van der Waals surface area (Å²) in [5.74, 6) is 0.443. The van der Waals surface area contributed by atoms with Crippen molar-refractivity contribution in [2.24, 2.45) is 11.8 Å². The fourth-order valence-electron chi connectivity index (χ4n) is 1.66. The van der Waals surface area contributed by atoms with Crippen LogP contribution in [0.3, 0.4) is 0 Å². The Labute approximate surface area is 92.2 Å². The average Bonchev–Trinajstić information content (AvgIpc) is 2.23. The van der Waals surface area contributed by atoms with Crippen LogP contribution < -0.4 is 0 Å². The molecule has 90 valence electrons. The lowest BCUT2D eigenvalue weighted by Gasteiger charge is -2.21. The molecule has 0 aromatic rings. The molecule has 0 saturated heterocycles. The second kappa shape index (κ2) is 7.65. The first-order chi connectivity index (χ1) is 7.02. The van der Waals surface area contributed by atoms with E-state index >= 15 is 0 Å². The summed E-state index contributed by atoms with van der Waals surface area (Å²) in [5, 5.41) is 9.96.